The van der Waals surface area contributed by atoms with Crippen molar-refractivity contribution in [2.75, 3.05) is 19.6 Å². The Labute approximate surface area is 220 Å². The SMILES string of the molecule is C[C@@H](NC(=O)NC1CCC(CCN2CCCC(C(=O)O)C2)CC1)C(O)(c1ccccc1)c1ccccc1. The monoisotopic (exact) mass is 507 g/mol. The van der Waals surface area contributed by atoms with Gasteiger partial charge in [-0.1, -0.05) is 60.7 Å². The first-order valence-corrected chi connectivity index (χ1v) is 13.7. The summed E-state index contributed by atoms with van der Waals surface area (Å²) in [6.07, 6.45) is 6.84. The molecule has 7 nitrogen and oxygen atoms in total. The number of aliphatic hydroxyl groups is 1. The summed E-state index contributed by atoms with van der Waals surface area (Å²) in [5.41, 5.74) is 0.113. The summed E-state index contributed by atoms with van der Waals surface area (Å²) in [6, 6.07) is 18.3. The second-order valence-corrected chi connectivity index (χ2v) is 10.8. The van der Waals surface area contributed by atoms with E-state index in [1.807, 2.05) is 67.6 Å². The highest BCUT2D eigenvalue weighted by atomic mass is 16.4. The summed E-state index contributed by atoms with van der Waals surface area (Å²) >= 11 is 0. The van der Waals surface area contributed by atoms with Gasteiger partial charge in [0, 0.05) is 12.6 Å². The number of piperidine rings is 1. The minimum atomic E-state index is -1.36. The van der Waals surface area contributed by atoms with Crippen molar-refractivity contribution in [2.24, 2.45) is 11.8 Å². The molecule has 1 unspecified atom stereocenters. The van der Waals surface area contributed by atoms with E-state index >= 15 is 0 Å². The number of aliphatic carboxylic acids is 1. The lowest BCUT2D eigenvalue weighted by molar-refractivity contribution is -0.143. The van der Waals surface area contributed by atoms with Crippen molar-refractivity contribution in [3.05, 3.63) is 71.8 Å². The van der Waals surface area contributed by atoms with Gasteiger partial charge in [-0.3, -0.25) is 4.79 Å². The Balaban J connectivity index is 1.26. The van der Waals surface area contributed by atoms with Crippen molar-refractivity contribution in [2.45, 2.75) is 69.6 Å². The van der Waals surface area contributed by atoms with Gasteiger partial charge in [0.2, 0.25) is 0 Å². The highest BCUT2D eigenvalue weighted by molar-refractivity contribution is 5.75. The van der Waals surface area contributed by atoms with E-state index in [1.165, 1.54) is 0 Å². The first kappa shape index (κ1) is 27.1. The van der Waals surface area contributed by atoms with Gasteiger partial charge in [0.1, 0.15) is 5.60 Å². The number of amides is 2. The average molecular weight is 508 g/mol. The van der Waals surface area contributed by atoms with Gasteiger partial charge in [0.25, 0.3) is 0 Å². The maximum atomic E-state index is 12.9. The third-order valence-electron chi connectivity index (χ3n) is 8.29. The van der Waals surface area contributed by atoms with Gasteiger partial charge < -0.3 is 25.7 Å². The molecule has 0 radical (unpaired) electrons. The summed E-state index contributed by atoms with van der Waals surface area (Å²) in [7, 11) is 0. The lowest BCUT2D eigenvalue weighted by Crippen LogP contribution is -2.54. The zero-order valence-electron chi connectivity index (χ0n) is 21.8. The molecule has 1 saturated carbocycles. The molecule has 1 aliphatic carbocycles. The quantitative estimate of drug-likeness (QED) is 0.404. The van der Waals surface area contributed by atoms with Gasteiger partial charge in [-0.15, -0.1) is 0 Å². The highest BCUT2D eigenvalue weighted by Crippen LogP contribution is 2.33. The number of urea groups is 1. The molecule has 1 heterocycles. The number of benzene rings is 2. The number of nitrogens with zero attached hydrogens (tertiary/aromatic N) is 1. The van der Waals surface area contributed by atoms with Crippen LogP contribution in [0.2, 0.25) is 0 Å². The minimum Gasteiger partial charge on any atom is -0.481 e. The van der Waals surface area contributed by atoms with E-state index in [1.54, 1.807) is 0 Å². The van der Waals surface area contributed by atoms with Crippen LogP contribution in [0.4, 0.5) is 4.79 Å². The van der Waals surface area contributed by atoms with Gasteiger partial charge in [-0.2, -0.15) is 0 Å². The van der Waals surface area contributed by atoms with Crippen molar-refractivity contribution in [3.8, 4) is 0 Å². The minimum absolute atomic E-state index is 0.122. The standard InChI is InChI=1S/C30H41N3O4/c1-22(30(37,25-10-4-2-5-11-25)26-12-6-3-7-13-26)31-29(36)32-27-16-14-23(15-17-27)18-20-33-19-8-9-24(21-33)28(34)35/h2-7,10-13,22-24,27,37H,8-9,14-21H2,1H3,(H,34,35)(H2,31,32,36)/t22-,23?,24?,27?/m1/s1. The van der Waals surface area contributed by atoms with Gasteiger partial charge in [-0.05, 0) is 82.0 Å². The van der Waals surface area contributed by atoms with Crippen molar-refractivity contribution in [1.82, 2.24) is 15.5 Å². The Morgan fingerprint density at radius 1 is 0.973 bits per heavy atom. The molecule has 0 bridgehead atoms. The number of likely N-dealkylation sites (tertiary alicyclic amines) is 1. The maximum absolute atomic E-state index is 12.9. The molecule has 37 heavy (non-hydrogen) atoms. The van der Waals surface area contributed by atoms with Gasteiger partial charge in [-0.25, -0.2) is 4.79 Å². The van der Waals surface area contributed by atoms with Crippen LogP contribution in [0.1, 0.15) is 63.0 Å². The Morgan fingerprint density at radius 2 is 1.57 bits per heavy atom. The van der Waals surface area contributed by atoms with Crippen LogP contribution in [0.15, 0.2) is 60.7 Å². The number of nitrogens with one attached hydrogen (secondary N) is 2. The van der Waals surface area contributed by atoms with Crippen LogP contribution in [0, 0.1) is 11.8 Å². The van der Waals surface area contributed by atoms with Gasteiger partial charge in [0.15, 0.2) is 0 Å². The average Bonchev–Trinajstić information content (AvgIpc) is 2.93. The molecule has 200 valence electrons. The predicted octanol–water partition coefficient (Wildman–Crippen LogP) is 4.36. The second-order valence-electron chi connectivity index (χ2n) is 10.8. The van der Waals surface area contributed by atoms with Crippen LogP contribution in [0.5, 0.6) is 0 Å². The van der Waals surface area contributed by atoms with E-state index in [9.17, 15) is 19.8 Å². The number of carbonyl (C=O) groups is 2. The zero-order chi connectivity index (χ0) is 26.3. The van der Waals surface area contributed by atoms with Crippen LogP contribution in [0.3, 0.4) is 0 Å². The van der Waals surface area contributed by atoms with Crippen LogP contribution in [-0.4, -0.2) is 58.8 Å². The van der Waals surface area contributed by atoms with Crippen LogP contribution in [0.25, 0.3) is 0 Å². The fourth-order valence-electron chi connectivity index (χ4n) is 6.00. The molecule has 1 saturated heterocycles. The van der Waals surface area contributed by atoms with Gasteiger partial charge in [0.05, 0.1) is 12.0 Å². The molecular formula is C30H41N3O4. The molecule has 4 N–H and O–H groups in total. The molecule has 1 aliphatic heterocycles. The van der Waals surface area contributed by atoms with Crippen molar-refractivity contribution in [3.63, 3.8) is 0 Å². The number of rotatable bonds is 9. The van der Waals surface area contributed by atoms with Crippen molar-refractivity contribution >= 4 is 12.0 Å². The fraction of sp³-hybridized carbons (Fsp3) is 0.533. The zero-order valence-corrected chi connectivity index (χ0v) is 21.8. The molecular weight excluding hydrogens is 466 g/mol. The van der Waals surface area contributed by atoms with E-state index in [0.717, 1.165) is 69.2 Å². The smallest absolute Gasteiger partial charge is 0.315 e. The first-order valence-electron chi connectivity index (χ1n) is 13.7. The van der Waals surface area contributed by atoms with E-state index in [2.05, 4.69) is 15.5 Å². The molecule has 2 fully saturated rings. The number of hydrogen-bond acceptors (Lipinski definition) is 4. The predicted molar refractivity (Wildman–Crippen MR) is 144 cm³/mol. The largest absolute Gasteiger partial charge is 0.481 e. The third kappa shape index (κ3) is 6.90. The van der Waals surface area contributed by atoms with E-state index in [4.69, 9.17) is 0 Å². The van der Waals surface area contributed by atoms with E-state index in [-0.39, 0.29) is 18.0 Å². The summed E-state index contributed by atoms with van der Waals surface area (Å²) in [4.78, 5) is 26.6. The van der Waals surface area contributed by atoms with E-state index < -0.39 is 17.6 Å². The molecule has 2 aliphatic rings. The molecule has 0 aromatic heterocycles. The third-order valence-corrected chi connectivity index (χ3v) is 8.29. The molecule has 0 spiro atoms. The number of carboxylic acid groups (broad SMARTS) is 1. The van der Waals surface area contributed by atoms with E-state index in [0.29, 0.717) is 12.5 Å². The Morgan fingerprint density at radius 3 is 2.14 bits per heavy atom. The van der Waals surface area contributed by atoms with Gasteiger partial charge >= 0.3 is 12.0 Å². The van der Waals surface area contributed by atoms with Crippen molar-refractivity contribution < 1.29 is 19.8 Å². The topological polar surface area (TPSA) is 102 Å². The molecule has 2 atom stereocenters. The maximum Gasteiger partial charge on any atom is 0.315 e. The second kappa shape index (κ2) is 12.6. The Hall–Kier alpha value is -2.90. The molecule has 4 rings (SSSR count). The number of carbonyl (C=O) groups excluding carboxylic acids is 1. The highest BCUT2D eigenvalue weighted by Gasteiger charge is 2.38. The molecule has 2 amide bonds. The lowest BCUT2D eigenvalue weighted by Gasteiger charge is -2.36. The summed E-state index contributed by atoms with van der Waals surface area (Å²) in [6.45, 7) is 4.47. The fourth-order valence-corrected chi connectivity index (χ4v) is 6.00. The number of carboxylic acids is 1. The summed E-state index contributed by atoms with van der Waals surface area (Å²) in [5, 5.41) is 27.3. The molecule has 2 aromatic rings. The Bertz CT molecular complexity index is 969. The van der Waals surface area contributed by atoms with Crippen LogP contribution < -0.4 is 10.6 Å². The summed E-state index contributed by atoms with van der Waals surface area (Å²) in [5.74, 6) is -0.280. The van der Waals surface area contributed by atoms with Crippen LogP contribution in [-0.2, 0) is 10.4 Å². The summed E-state index contributed by atoms with van der Waals surface area (Å²) < 4.78 is 0. The van der Waals surface area contributed by atoms with Crippen LogP contribution >= 0.6 is 0 Å². The molecule has 7 heteroatoms. The number of hydrogen-bond donors (Lipinski definition) is 4. The lowest BCUT2D eigenvalue weighted by atomic mass is 9.81. The molecule has 2 aromatic carbocycles. The normalized spacial score (nSPS) is 23.7. The van der Waals surface area contributed by atoms with Crippen molar-refractivity contribution in [1.29, 1.82) is 0 Å². The first-order chi connectivity index (χ1) is 17.9. The Kier molecular flexibility index (Phi) is 9.22.